The number of aromatic nitrogens is 4. The Morgan fingerprint density at radius 1 is 0.593 bits per heavy atom. The van der Waals surface area contributed by atoms with Crippen molar-refractivity contribution < 1.29 is 0 Å². The van der Waals surface area contributed by atoms with Crippen LogP contribution in [0.3, 0.4) is 0 Å². The van der Waals surface area contributed by atoms with Gasteiger partial charge in [-0.05, 0) is 28.8 Å². The van der Waals surface area contributed by atoms with E-state index in [2.05, 4.69) is 19.9 Å². The van der Waals surface area contributed by atoms with Gasteiger partial charge in [0.15, 0.2) is 11.6 Å². The summed E-state index contributed by atoms with van der Waals surface area (Å²) in [5.41, 5.74) is 3.93. The summed E-state index contributed by atoms with van der Waals surface area (Å²) in [4.78, 5) is 17.2. The molecule has 0 radical (unpaired) electrons. The lowest BCUT2D eigenvalue weighted by Gasteiger charge is -2.06. The van der Waals surface area contributed by atoms with Crippen LogP contribution in [0.2, 0.25) is 5.28 Å². The normalized spacial score (nSPS) is 10.0. The largest absolute Gasteiger partial charge is 0.264 e. The molecule has 134 valence electrons. The van der Waals surface area contributed by atoms with Gasteiger partial charge in [-0.1, -0.05) is 74.5 Å². The molecule has 0 aliphatic heterocycles. The molecular weight excluding hydrogens is 356 g/mol. The molecule has 4 rings (SSSR count). The quantitative estimate of drug-likeness (QED) is 0.444. The maximum absolute atomic E-state index is 6.11. The molecule has 0 saturated carbocycles. The fourth-order valence-corrected chi connectivity index (χ4v) is 2.70. The van der Waals surface area contributed by atoms with E-state index in [0.717, 1.165) is 22.3 Å². The molecule has 27 heavy (non-hydrogen) atoms. The van der Waals surface area contributed by atoms with Gasteiger partial charge in [-0.25, -0.2) is 4.98 Å². The van der Waals surface area contributed by atoms with Gasteiger partial charge in [0.25, 0.3) is 0 Å². The van der Waals surface area contributed by atoms with Gasteiger partial charge in [-0.2, -0.15) is 9.97 Å². The van der Waals surface area contributed by atoms with E-state index in [1.165, 1.54) is 0 Å². The summed E-state index contributed by atoms with van der Waals surface area (Å²) in [7, 11) is 0. The fraction of sp³-hybridized carbons (Fsp3) is 0.0909. The van der Waals surface area contributed by atoms with Gasteiger partial charge in [0, 0.05) is 23.5 Å². The van der Waals surface area contributed by atoms with E-state index < -0.39 is 0 Å². The molecule has 5 heteroatoms. The minimum Gasteiger partial charge on any atom is -0.264 e. The highest BCUT2D eigenvalue weighted by atomic mass is 35.5. The van der Waals surface area contributed by atoms with E-state index in [9.17, 15) is 0 Å². The minimum absolute atomic E-state index is 0.181. The lowest BCUT2D eigenvalue weighted by molar-refractivity contribution is 1.07. The van der Waals surface area contributed by atoms with E-state index >= 15 is 0 Å². The van der Waals surface area contributed by atoms with E-state index in [1.807, 2.05) is 86.8 Å². The molecule has 0 unspecified atom stereocenters. The summed E-state index contributed by atoms with van der Waals surface area (Å²) in [6, 6.07) is 21.7. The number of hydrogen-bond donors (Lipinski definition) is 0. The van der Waals surface area contributed by atoms with Crippen molar-refractivity contribution in [1.29, 1.82) is 0 Å². The highest BCUT2D eigenvalue weighted by Crippen LogP contribution is 2.24. The molecule has 0 atom stereocenters. The average molecular weight is 375 g/mol. The Kier molecular flexibility index (Phi) is 6.23. The first-order valence-corrected chi connectivity index (χ1v) is 9.15. The molecule has 0 amide bonds. The predicted octanol–water partition coefficient (Wildman–Crippen LogP) is 5.95. The number of pyridine rings is 1. The summed E-state index contributed by atoms with van der Waals surface area (Å²) < 4.78 is 0. The van der Waals surface area contributed by atoms with Crippen molar-refractivity contribution in [2.24, 2.45) is 0 Å². The van der Waals surface area contributed by atoms with Gasteiger partial charge in [-0.15, -0.1) is 0 Å². The minimum atomic E-state index is 0.181. The molecule has 4 aromatic rings. The van der Waals surface area contributed by atoms with E-state index in [-0.39, 0.29) is 5.28 Å². The van der Waals surface area contributed by atoms with Crippen LogP contribution in [0.4, 0.5) is 0 Å². The average Bonchev–Trinajstić information content (AvgIpc) is 2.76. The lowest BCUT2D eigenvalue weighted by atomic mass is 10.1. The van der Waals surface area contributed by atoms with Gasteiger partial charge in [0.1, 0.15) is 0 Å². The van der Waals surface area contributed by atoms with Crippen LogP contribution < -0.4 is 0 Å². The maximum atomic E-state index is 6.11. The molecule has 0 bridgehead atoms. The zero-order valence-electron chi connectivity index (χ0n) is 15.2. The Morgan fingerprint density at radius 3 is 1.74 bits per heavy atom. The van der Waals surface area contributed by atoms with Crippen LogP contribution in [0.1, 0.15) is 13.8 Å². The Labute approximate surface area is 164 Å². The third kappa shape index (κ3) is 4.54. The van der Waals surface area contributed by atoms with Gasteiger partial charge in [0.2, 0.25) is 5.28 Å². The number of nitrogens with zero attached hydrogens (tertiary/aromatic N) is 4. The zero-order chi connectivity index (χ0) is 19.1. The molecule has 0 aliphatic rings. The molecule has 4 nitrogen and oxygen atoms in total. The molecule has 2 aromatic carbocycles. The third-order valence-electron chi connectivity index (χ3n) is 3.78. The number of benzene rings is 2. The van der Waals surface area contributed by atoms with Crippen LogP contribution in [0.15, 0.2) is 79.1 Å². The van der Waals surface area contributed by atoms with Crippen molar-refractivity contribution in [3.63, 3.8) is 0 Å². The molecule has 2 heterocycles. The Morgan fingerprint density at radius 2 is 1.15 bits per heavy atom. The summed E-state index contributed by atoms with van der Waals surface area (Å²) in [5, 5.41) is 0.181. The molecule has 0 N–H and O–H groups in total. The summed E-state index contributed by atoms with van der Waals surface area (Å²) in [6.07, 6.45) is 3.60. The van der Waals surface area contributed by atoms with Crippen molar-refractivity contribution in [3.8, 4) is 33.9 Å². The second-order valence-electron chi connectivity index (χ2n) is 5.44. The van der Waals surface area contributed by atoms with Gasteiger partial charge >= 0.3 is 0 Å². The molecule has 0 saturated heterocycles. The zero-order valence-corrected chi connectivity index (χ0v) is 15.9. The Hall–Kier alpha value is -3.11. The maximum Gasteiger partial charge on any atom is 0.226 e. The Bertz CT molecular complexity index is 988. The number of halogens is 1. The van der Waals surface area contributed by atoms with E-state index in [0.29, 0.717) is 11.6 Å². The summed E-state index contributed by atoms with van der Waals surface area (Å²) in [6.45, 7) is 4.00. The third-order valence-corrected chi connectivity index (χ3v) is 3.95. The molecule has 0 spiro atoms. The van der Waals surface area contributed by atoms with Crippen LogP contribution in [0.5, 0.6) is 0 Å². The SMILES string of the molecule is CC.Clc1nc(-c2ccccc2)nc(-c2ccc(-c3cccnc3)cc2)n1. The number of rotatable bonds is 3. The molecule has 0 fully saturated rings. The van der Waals surface area contributed by atoms with Crippen molar-refractivity contribution in [2.75, 3.05) is 0 Å². The van der Waals surface area contributed by atoms with Gasteiger partial charge in [-0.3, -0.25) is 4.98 Å². The molecular formula is C22H19ClN4. The molecule has 2 aromatic heterocycles. The predicted molar refractivity (Wildman–Crippen MR) is 110 cm³/mol. The van der Waals surface area contributed by atoms with Crippen molar-refractivity contribution in [2.45, 2.75) is 13.8 Å². The van der Waals surface area contributed by atoms with Crippen molar-refractivity contribution >= 4 is 11.6 Å². The van der Waals surface area contributed by atoms with Gasteiger partial charge < -0.3 is 0 Å². The first kappa shape index (κ1) is 18.7. The van der Waals surface area contributed by atoms with Crippen molar-refractivity contribution in [1.82, 2.24) is 19.9 Å². The second-order valence-corrected chi connectivity index (χ2v) is 5.77. The fourth-order valence-electron chi connectivity index (χ4n) is 2.54. The van der Waals surface area contributed by atoms with Crippen LogP contribution in [-0.4, -0.2) is 19.9 Å². The monoisotopic (exact) mass is 374 g/mol. The van der Waals surface area contributed by atoms with Crippen LogP contribution in [0.25, 0.3) is 33.9 Å². The summed E-state index contributed by atoms with van der Waals surface area (Å²) in [5.74, 6) is 1.11. The van der Waals surface area contributed by atoms with Gasteiger partial charge in [0.05, 0.1) is 0 Å². The summed E-state index contributed by atoms with van der Waals surface area (Å²) >= 11 is 6.11. The second kappa shape index (κ2) is 9.01. The smallest absolute Gasteiger partial charge is 0.226 e. The standard InChI is InChI=1S/C20H13ClN4.C2H6/c21-20-24-18(15-5-2-1-3-6-15)23-19(25-20)16-10-8-14(9-11-16)17-7-4-12-22-13-17;1-2/h1-13H;1-2H3. The van der Waals surface area contributed by atoms with Crippen LogP contribution in [0, 0.1) is 0 Å². The lowest BCUT2D eigenvalue weighted by Crippen LogP contribution is -1.97. The first-order valence-electron chi connectivity index (χ1n) is 8.77. The highest BCUT2D eigenvalue weighted by Gasteiger charge is 2.09. The first-order chi connectivity index (χ1) is 13.3. The molecule has 0 aliphatic carbocycles. The topological polar surface area (TPSA) is 51.6 Å². The van der Waals surface area contributed by atoms with E-state index in [4.69, 9.17) is 11.6 Å². The number of hydrogen-bond acceptors (Lipinski definition) is 4. The van der Waals surface area contributed by atoms with Crippen molar-refractivity contribution in [3.05, 3.63) is 84.4 Å². The Balaban J connectivity index is 0.00000102. The van der Waals surface area contributed by atoms with Crippen LogP contribution in [-0.2, 0) is 0 Å². The highest BCUT2D eigenvalue weighted by molar-refractivity contribution is 6.28. The van der Waals surface area contributed by atoms with Crippen LogP contribution >= 0.6 is 11.6 Å². The van der Waals surface area contributed by atoms with E-state index in [1.54, 1.807) is 6.20 Å².